The summed E-state index contributed by atoms with van der Waals surface area (Å²) >= 11 is 0. The Morgan fingerprint density at radius 3 is 1.31 bits per heavy atom. The molecule has 0 unspecified atom stereocenters. The van der Waals surface area contributed by atoms with Crippen LogP contribution in [0.2, 0.25) is 6.04 Å². The Kier molecular flexibility index (Phi) is 7.00. The molecule has 6 rings (SSSR count). The normalized spacial score (nSPS) is 16.8. The number of cyclic esters (lactones) is 1. The van der Waals surface area contributed by atoms with Gasteiger partial charge in [0.1, 0.15) is 6.10 Å². The molecule has 1 fully saturated rings. The fourth-order valence-corrected chi connectivity index (χ4v) is 11.6. The van der Waals surface area contributed by atoms with Crippen molar-refractivity contribution in [2.24, 2.45) is 0 Å². The summed E-state index contributed by atoms with van der Waals surface area (Å²) in [6.07, 6.45) is 0.778. The molecule has 0 aliphatic carbocycles. The molecule has 1 heterocycles. The largest absolute Gasteiger partial charge is 0.461 e. The summed E-state index contributed by atoms with van der Waals surface area (Å²) in [5.74, 6) is -0.112. The standard InChI is InChI=1S/C36H32O2Si/c37-35-26-27-36(29-16-6-1-7-17-29,30-18-8-2-9-19-30)34(38-35)28-39(31-20-10-3-11-21-31,32-22-12-4-13-23-32)33-24-14-5-15-25-33/h1-25,34H,26-28H2/t34-/m0/s1. The molecule has 1 aliphatic heterocycles. The van der Waals surface area contributed by atoms with E-state index in [2.05, 4.69) is 152 Å². The first-order chi connectivity index (χ1) is 19.2. The predicted molar refractivity (Wildman–Crippen MR) is 162 cm³/mol. The summed E-state index contributed by atoms with van der Waals surface area (Å²) < 4.78 is 6.53. The lowest BCUT2D eigenvalue weighted by molar-refractivity contribution is -0.157. The first kappa shape index (κ1) is 25.1. The molecule has 5 aromatic rings. The highest BCUT2D eigenvalue weighted by atomic mass is 28.3. The van der Waals surface area contributed by atoms with Crippen molar-refractivity contribution < 1.29 is 9.53 Å². The molecule has 1 aliphatic rings. The minimum Gasteiger partial charge on any atom is -0.461 e. The van der Waals surface area contributed by atoms with Crippen LogP contribution < -0.4 is 15.6 Å². The summed E-state index contributed by atoms with van der Waals surface area (Å²) in [5, 5.41) is 3.96. The van der Waals surface area contributed by atoms with E-state index in [1.165, 1.54) is 26.7 Å². The SMILES string of the molecule is O=C1CCC(c2ccccc2)(c2ccccc2)[C@H](C[Si](c2ccccc2)(c2ccccc2)c2ccccc2)O1. The van der Waals surface area contributed by atoms with Gasteiger partial charge in [-0.25, -0.2) is 0 Å². The molecule has 39 heavy (non-hydrogen) atoms. The fraction of sp³-hybridized carbons (Fsp3) is 0.139. The summed E-state index contributed by atoms with van der Waals surface area (Å²) in [4.78, 5) is 13.1. The van der Waals surface area contributed by atoms with Crippen LogP contribution in [0.25, 0.3) is 0 Å². The summed E-state index contributed by atoms with van der Waals surface area (Å²) in [7, 11) is -2.67. The Labute approximate surface area is 231 Å². The average molecular weight is 525 g/mol. The number of ether oxygens (including phenoxy) is 1. The fourth-order valence-electron chi connectivity index (χ4n) is 6.59. The molecule has 0 radical (unpaired) electrons. The molecule has 0 spiro atoms. The smallest absolute Gasteiger partial charge is 0.306 e. The molecule has 0 saturated carbocycles. The van der Waals surface area contributed by atoms with E-state index >= 15 is 0 Å². The quantitative estimate of drug-likeness (QED) is 0.152. The summed E-state index contributed by atoms with van der Waals surface area (Å²) in [6, 6.07) is 54.7. The Bertz CT molecular complexity index is 1370. The van der Waals surface area contributed by atoms with Crippen molar-refractivity contribution in [2.75, 3.05) is 0 Å². The maximum atomic E-state index is 13.1. The van der Waals surface area contributed by atoms with Gasteiger partial charge in [-0.3, -0.25) is 4.79 Å². The third-order valence-corrected chi connectivity index (χ3v) is 13.4. The van der Waals surface area contributed by atoms with Gasteiger partial charge in [0.25, 0.3) is 0 Å². The topological polar surface area (TPSA) is 26.3 Å². The Balaban J connectivity index is 1.63. The van der Waals surface area contributed by atoms with E-state index in [1.54, 1.807) is 0 Å². The molecule has 2 nitrogen and oxygen atoms in total. The van der Waals surface area contributed by atoms with Crippen molar-refractivity contribution in [3.63, 3.8) is 0 Å². The molecule has 3 heteroatoms. The van der Waals surface area contributed by atoms with Crippen LogP contribution in [0.5, 0.6) is 0 Å². The maximum Gasteiger partial charge on any atom is 0.306 e. The summed E-state index contributed by atoms with van der Waals surface area (Å²) in [5.41, 5.74) is 1.95. The van der Waals surface area contributed by atoms with Gasteiger partial charge in [-0.15, -0.1) is 0 Å². The zero-order valence-electron chi connectivity index (χ0n) is 21.9. The molecule has 5 aromatic carbocycles. The van der Waals surface area contributed by atoms with Crippen LogP contribution in [0.1, 0.15) is 24.0 Å². The molecular formula is C36H32O2Si. The number of benzene rings is 5. The second-order valence-electron chi connectivity index (χ2n) is 10.4. The van der Waals surface area contributed by atoms with Crippen molar-refractivity contribution >= 4 is 29.6 Å². The van der Waals surface area contributed by atoms with Crippen molar-refractivity contribution in [1.29, 1.82) is 0 Å². The van der Waals surface area contributed by atoms with E-state index in [9.17, 15) is 4.79 Å². The molecule has 1 saturated heterocycles. The zero-order valence-corrected chi connectivity index (χ0v) is 22.9. The molecule has 192 valence electrons. The van der Waals surface area contributed by atoms with Gasteiger partial charge in [0.05, 0.1) is 5.41 Å². The predicted octanol–water partition coefficient (Wildman–Crippen LogP) is 5.85. The molecule has 0 bridgehead atoms. The van der Waals surface area contributed by atoms with Crippen LogP contribution in [-0.2, 0) is 14.9 Å². The van der Waals surface area contributed by atoms with Crippen LogP contribution in [0.3, 0.4) is 0 Å². The van der Waals surface area contributed by atoms with E-state index < -0.39 is 13.5 Å². The lowest BCUT2D eigenvalue weighted by Crippen LogP contribution is -2.70. The highest BCUT2D eigenvalue weighted by Gasteiger charge is 2.53. The van der Waals surface area contributed by atoms with Gasteiger partial charge in [0, 0.05) is 6.42 Å². The first-order valence-corrected chi connectivity index (χ1v) is 15.9. The highest BCUT2D eigenvalue weighted by Crippen LogP contribution is 2.46. The van der Waals surface area contributed by atoms with Crippen LogP contribution in [0, 0.1) is 0 Å². The molecular weight excluding hydrogens is 492 g/mol. The molecule has 1 atom stereocenters. The Morgan fingerprint density at radius 2 is 0.923 bits per heavy atom. The van der Waals surface area contributed by atoms with Gasteiger partial charge in [0.15, 0.2) is 8.07 Å². The minimum atomic E-state index is -2.67. The van der Waals surface area contributed by atoms with Crippen molar-refractivity contribution in [1.82, 2.24) is 0 Å². The number of carbonyl (C=O) groups excluding carboxylic acids is 1. The van der Waals surface area contributed by atoms with Gasteiger partial charge in [0.2, 0.25) is 0 Å². The van der Waals surface area contributed by atoms with Crippen molar-refractivity contribution in [2.45, 2.75) is 30.4 Å². The van der Waals surface area contributed by atoms with E-state index in [0.29, 0.717) is 12.8 Å². The van der Waals surface area contributed by atoms with Gasteiger partial charge in [-0.05, 0) is 39.2 Å². The van der Waals surface area contributed by atoms with Crippen molar-refractivity contribution in [3.05, 3.63) is 163 Å². The number of carbonyl (C=O) groups is 1. The number of hydrogen-bond donors (Lipinski definition) is 0. The van der Waals surface area contributed by atoms with Crippen LogP contribution in [0.15, 0.2) is 152 Å². The Morgan fingerprint density at radius 1 is 0.564 bits per heavy atom. The monoisotopic (exact) mass is 524 g/mol. The van der Waals surface area contributed by atoms with Crippen LogP contribution >= 0.6 is 0 Å². The summed E-state index contributed by atoms with van der Waals surface area (Å²) in [6.45, 7) is 0. The van der Waals surface area contributed by atoms with E-state index in [0.717, 1.165) is 6.04 Å². The molecule has 0 amide bonds. The highest BCUT2D eigenvalue weighted by molar-refractivity contribution is 7.11. The molecule has 0 aromatic heterocycles. The third-order valence-electron chi connectivity index (χ3n) is 8.42. The van der Waals surface area contributed by atoms with Gasteiger partial charge in [-0.1, -0.05) is 152 Å². The lowest BCUT2D eigenvalue weighted by atomic mass is 9.66. The molecule has 0 N–H and O–H groups in total. The zero-order chi connectivity index (χ0) is 26.5. The van der Waals surface area contributed by atoms with Crippen molar-refractivity contribution in [3.8, 4) is 0 Å². The number of esters is 1. The average Bonchev–Trinajstić information content (AvgIpc) is 3.02. The minimum absolute atomic E-state index is 0.112. The maximum absolute atomic E-state index is 13.1. The number of rotatable bonds is 7. The van der Waals surface area contributed by atoms with Crippen LogP contribution in [0.4, 0.5) is 0 Å². The number of hydrogen-bond acceptors (Lipinski definition) is 2. The second kappa shape index (κ2) is 10.9. The lowest BCUT2D eigenvalue weighted by Gasteiger charge is -2.48. The van der Waals surface area contributed by atoms with E-state index in [1.807, 2.05) is 0 Å². The van der Waals surface area contributed by atoms with Crippen LogP contribution in [-0.4, -0.2) is 20.1 Å². The Hall–Kier alpha value is -4.21. The third kappa shape index (κ3) is 4.53. The second-order valence-corrected chi connectivity index (χ2v) is 14.3. The van der Waals surface area contributed by atoms with Gasteiger partial charge < -0.3 is 4.74 Å². The first-order valence-electron chi connectivity index (χ1n) is 13.7. The van der Waals surface area contributed by atoms with Gasteiger partial charge in [-0.2, -0.15) is 0 Å². The van der Waals surface area contributed by atoms with E-state index in [4.69, 9.17) is 4.74 Å². The van der Waals surface area contributed by atoms with Gasteiger partial charge >= 0.3 is 5.97 Å². The van der Waals surface area contributed by atoms with E-state index in [-0.39, 0.29) is 12.1 Å².